The molecule has 2 aliphatic rings. The van der Waals surface area contributed by atoms with E-state index < -0.39 is 9.84 Å². The Hall–Kier alpha value is -0.920. The van der Waals surface area contributed by atoms with E-state index in [-0.39, 0.29) is 5.75 Å². The third-order valence-electron chi connectivity index (χ3n) is 5.61. The first-order valence-corrected chi connectivity index (χ1v) is 11.6. The second kappa shape index (κ2) is 8.85. The van der Waals surface area contributed by atoms with E-state index in [9.17, 15) is 8.42 Å². The van der Waals surface area contributed by atoms with Gasteiger partial charge in [0.1, 0.15) is 0 Å². The molecular formula is C19H33N3O3S. The second-order valence-electron chi connectivity index (χ2n) is 8.10. The number of hydrogen-bond donors (Lipinski definition) is 0. The zero-order chi connectivity index (χ0) is 18.6. The summed E-state index contributed by atoms with van der Waals surface area (Å²) >= 11 is 0. The monoisotopic (exact) mass is 383 g/mol. The van der Waals surface area contributed by atoms with Gasteiger partial charge in [-0.05, 0) is 44.6 Å². The van der Waals surface area contributed by atoms with Gasteiger partial charge in [0.15, 0.2) is 0 Å². The molecule has 0 bridgehead atoms. The molecule has 1 aromatic rings. The number of aromatic nitrogens is 2. The van der Waals surface area contributed by atoms with Gasteiger partial charge in [-0.2, -0.15) is 0 Å². The molecule has 1 aromatic heterocycles. The maximum absolute atomic E-state index is 12.9. The van der Waals surface area contributed by atoms with Gasteiger partial charge in [-0.1, -0.05) is 19.3 Å². The standard InChI is InChI=1S/C19H33N3O3S/c1-21(10-11-25-2)14-18-12-20-19(26(23,24)15-17-8-9-17)22(18)13-16-6-4-3-5-7-16/h12,16-17H,3-11,13-15H2,1-2H3. The van der Waals surface area contributed by atoms with Crippen molar-refractivity contribution in [3.8, 4) is 0 Å². The van der Waals surface area contributed by atoms with Crippen LogP contribution in [-0.4, -0.2) is 55.9 Å². The second-order valence-corrected chi connectivity index (χ2v) is 10.0. The summed E-state index contributed by atoms with van der Waals surface area (Å²) in [5.74, 6) is 1.16. The quantitative estimate of drug-likeness (QED) is 0.622. The van der Waals surface area contributed by atoms with Crippen molar-refractivity contribution in [1.29, 1.82) is 0 Å². The minimum atomic E-state index is -3.30. The zero-order valence-electron chi connectivity index (χ0n) is 16.2. The van der Waals surface area contributed by atoms with Crippen LogP contribution in [0.25, 0.3) is 0 Å². The Morgan fingerprint density at radius 2 is 1.92 bits per heavy atom. The van der Waals surface area contributed by atoms with E-state index >= 15 is 0 Å². The Morgan fingerprint density at radius 3 is 2.58 bits per heavy atom. The number of imidazole rings is 1. The zero-order valence-corrected chi connectivity index (χ0v) is 17.0. The van der Waals surface area contributed by atoms with E-state index in [0.29, 0.717) is 30.1 Å². The van der Waals surface area contributed by atoms with Crippen LogP contribution in [-0.2, 0) is 27.7 Å². The van der Waals surface area contributed by atoms with Crippen molar-refractivity contribution in [2.24, 2.45) is 11.8 Å². The molecule has 3 rings (SSSR count). The fourth-order valence-corrected chi connectivity index (χ4v) is 5.71. The van der Waals surface area contributed by atoms with Gasteiger partial charge in [0.25, 0.3) is 0 Å². The van der Waals surface area contributed by atoms with Crippen molar-refractivity contribution >= 4 is 9.84 Å². The molecule has 148 valence electrons. The van der Waals surface area contributed by atoms with Crippen molar-refractivity contribution in [2.75, 3.05) is 33.1 Å². The molecule has 0 atom stereocenters. The van der Waals surface area contributed by atoms with Crippen LogP contribution in [0, 0.1) is 11.8 Å². The Balaban J connectivity index is 1.80. The van der Waals surface area contributed by atoms with Crippen molar-refractivity contribution in [3.63, 3.8) is 0 Å². The Bertz CT molecular complexity index is 676. The summed E-state index contributed by atoms with van der Waals surface area (Å²) in [5, 5.41) is 0.296. The van der Waals surface area contributed by atoms with Crippen LogP contribution in [0.2, 0.25) is 0 Å². The van der Waals surface area contributed by atoms with Gasteiger partial charge < -0.3 is 9.30 Å². The SMILES string of the molecule is COCCN(C)Cc1cnc(S(=O)(=O)CC2CC2)n1CC1CCCCC1. The average molecular weight is 384 g/mol. The van der Waals surface area contributed by atoms with Crippen LogP contribution < -0.4 is 0 Å². The van der Waals surface area contributed by atoms with Gasteiger partial charge >= 0.3 is 0 Å². The minimum absolute atomic E-state index is 0.258. The van der Waals surface area contributed by atoms with E-state index in [1.807, 2.05) is 11.6 Å². The Morgan fingerprint density at radius 1 is 1.19 bits per heavy atom. The van der Waals surface area contributed by atoms with Gasteiger partial charge in [0, 0.05) is 26.7 Å². The number of likely N-dealkylation sites (N-methyl/N-ethyl adjacent to an activating group) is 1. The summed E-state index contributed by atoms with van der Waals surface area (Å²) < 4.78 is 33.0. The smallest absolute Gasteiger partial charge is 0.227 e. The van der Waals surface area contributed by atoms with Gasteiger partial charge in [-0.25, -0.2) is 13.4 Å². The highest BCUT2D eigenvalue weighted by Gasteiger charge is 2.33. The van der Waals surface area contributed by atoms with E-state index in [1.54, 1.807) is 13.3 Å². The number of nitrogens with zero attached hydrogens (tertiary/aromatic N) is 3. The topological polar surface area (TPSA) is 64.4 Å². The van der Waals surface area contributed by atoms with E-state index in [2.05, 4.69) is 9.88 Å². The molecule has 0 aromatic carbocycles. The van der Waals surface area contributed by atoms with Gasteiger partial charge in [0.05, 0.1) is 24.3 Å². The summed E-state index contributed by atoms with van der Waals surface area (Å²) in [6, 6.07) is 0. The molecule has 1 heterocycles. The molecule has 0 aliphatic heterocycles. The molecule has 0 N–H and O–H groups in total. The Kier molecular flexibility index (Phi) is 6.75. The van der Waals surface area contributed by atoms with Crippen molar-refractivity contribution < 1.29 is 13.2 Å². The van der Waals surface area contributed by atoms with Crippen molar-refractivity contribution in [1.82, 2.24) is 14.5 Å². The number of ether oxygens (including phenoxy) is 1. The van der Waals surface area contributed by atoms with E-state index in [0.717, 1.165) is 31.6 Å². The lowest BCUT2D eigenvalue weighted by Crippen LogP contribution is -2.26. The van der Waals surface area contributed by atoms with Crippen LogP contribution in [0.15, 0.2) is 11.4 Å². The van der Waals surface area contributed by atoms with Gasteiger partial charge in [-0.3, -0.25) is 4.90 Å². The lowest BCUT2D eigenvalue weighted by Gasteiger charge is -2.25. The maximum atomic E-state index is 12.9. The van der Waals surface area contributed by atoms with Crippen LogP contribution >= 0.6 is 0 Å². The molecule has 7 heteroatoms. The van der Waals surface area contributed by atoms with Crippen LogP contribution in [0.1, 0.15) is 50.6 Å². The van der Waals surface area contributed by atoms with Crippen LogP contribution in [0.4, 0.5) is 0 Å². The summed E-state index contributed by atoms with van der Waals surface area (Å²) in [6.07, 6.45) is 10.0. The molecule has 26 heavy (non-hydrogen) atoms. The molecule has 0 saturated heterocycles. The molecule has 0 radical (unpaired) electrons. The first kappa shape index (κ1) is 19.8. The lowest BCUT2D eigenvalue weighted by molar-refractivity contribution is 0.157. The molecule has 2 aliphatic carbocycles. The summed E-state index contributed by atoms with van der Waals surface area (Å²) in [5.41, 5.74) is 1.00. The van der Waals surface area contributed by atoms with E-state index in [4.69, 9.17) is 4.74 Å². The predicted molar refractivity (Wildman–Crippen MR) is 102 cm³/mol. The molecule has 2 fully saturated rings. The molecular weight excluding hydrogens is 350 g/mol. The summed E-state index contributed by atoms with van der Waals surface area (Å²) in [6.45, 7) is 2.96. The predicted octanol–water partition coefficient (Wildman–Crippen LogP) is 2.73. The first-order chi connectivity index (χ1) is 12.5. The third kappa shape index (κ3) is 5.30. The van der Waals surface area contributed by atoms with E-state index in [1.165, 1.54) is 32.1 Å². The first-order valence-electron chi connectivity index (χ1n) is 9.94. The summed E-state index contributed by atoms with van der Waals surface area (Å²) in [4.78, 5) is 6.55. The highest BCUT2D eigenvalue weighted by molar-refractivity contribution is 7.91. The number of sulfone groups is 1. The highest BCUT2D eigenvalue weighted by atomic mass is 32.2. The molecule has 0 unspecified atom stereocenters. The molecule has 0 spiro atoms. The average Bonchev–Trinajstić information content (AvgIpc) is 3.33. The Labute approximate surface area is 157 Å². The maximum Gasteiger partial charge on any atom is 0.227 e. The fraction of sp³-hybridized carbons (Fsp3) is 0.842. The van der Waals surface area contributed by atoms with Gasteiger partial charge in [-0.15, -0.1) is 0 Å². The van der Waals surface area contributed by atoms with Crippen LogP contribution in [0.5, 0.6) is 0 Å². The normalized spacial score (nSPS) is 19.3. The number of rotatable bonds is 10. The fourth-order valence-electron chi connectivity index (χ4n) is 3.86. The molecule has 6 nitrogen and oxygen atoms in total. The lowest BCUT2D eigenvalue weighted by atomic mass is 9.89. The number of hydrogen-bond acceptors (Lipinski definition) is 5. The molecule has 0 amide bonds. The summed E-state index contributed by atoms with van der Waals surface area (Å²) in [7, 11) is 0.433. The minimum Gasteiger partial charge on any atom is -0.383 e. The highest BCUT2D eigenvalue weighted by Crippen LogP contribution is 2.33. The number of methoxy groups -OCH3 is 1. The van der Waals surface area contributed by atoms with Crippen molar-refractivity contribution in [3.05, 3.63) is 11.9 Å². The van der Waals surface area contributed by atoms with Crippen molar-refractivity contribution in [2.45, 2.75) is 63.2 Å². The van der Waals surface area contributed by atoms with Gasteiger partial charge in [0.2, 0.25) is 15.0 Å². The molecule has 2 saturated carbocycles. The van der Waals surface area contributed by atoms with Crippen LogP contribution in [0.3, 0.4) is 0 Å². The largest absolute Gasteiger partial charge is 0.383 e. The third-order valence-corrected chi connectivity index (χ3v) is 7.40.